The predicted octanol–water partition coefficient (Wildman–Crippen LogP) is 2.68. The van der Waals surface area contributed by atoms with Crippen LogP contribution in [-0.4, -0.2) is 27.7 Å². The summed E-state index contributed by atoms with van der Waals surface area (Å²) in [5.74, 6) is 1.70. The third-order valence-corrected chi connectivity index (χ3v) is 5.62. The van der Waals surface area contributed by atoms with Crippen LogP contribution >= 0.6 is 0 Å². The second-order valence-corrected chi connectivity index (χ2v) is 7.39. The third kappa shape index (κ3) is 2.30. The average molecular weight is 307 g/mol. The van der Waals surface area contributed by atoms with E-state index in [0.717, 1.165) is 37.0 Å². The Bertz CT molecular complexity index is 539. The molecule has 120 valence electrons. The summed E-state index contributed by atoms with van der Waals surface area (Å²) in [6.45, 7) is 0.373. The van der Waals surface area contributed by atoms with Crippen LogP contribution < -0.4 is 4.84 Å². The molecule has 0 radical (unpaired) electrons. The Kier molecular flexibility index (Phi) is 3.03. The predicted molar refractivity (Wildman–Crippen MR) is 76.3 cm³/mol. The van der Waals surface area contributed by atoms with Crippen LogP contribution in [0, 0.1) is 23.2 Å². The van der Waals surface area contributed by atoms with Crippen LogP contribution in [0.3, 0.4) is 0 Å². The molecule has 0 aromatic carbocycles. The highest BCUT2D eigenvalue weighted by Crippen LogP contribution is 2.60. The molecule has 4 aliphatic rings. The highest BCUT2D eigenvalue weighted by molar-refractivity contribution is 5.60. The zero-order valence-electron chi connectivity index (χ0n) is 12.4. The summed E-state index contributed by atoms with van der Waals surface area (Å²) in [5, 5.41) is 18.9. The third-order valence-electron chi connectivity index (χ3n) is 5.62. The number of nitrogens with zero attached hydrogens (tertiary/aromatic N) is 1. The topological polar surface area (TPSA) is 80.9 Å². The molecule has 1 heterocycles. The fraction of sp³-hybridized carbons (Fsp3) is 0.688. The largest absolute Gasteiger partial charge is 0.533 e. The molecule has 4 bridgehead atoms. The van der Waals surface area contributed by atoms with Crippen molar-refractivity contribution in [1.29, 1.82) is 0 Å². The summed E-state index contributed by atoms with van der Waals surface area (Å²) < 4.78 is 5.96. The highest BCUT2D eigenvalue weighted by atomic mass is 16.8. The monoisotopic (exact) mass is 307 g/mol. The van der Waals surface area contributed by atoms with E-state index < -0.39 is 6.16 Å². The Morgan fingerprint density at radius 3 is 2.09 bits per heavy atom. The molecule has 0 unspecified atom stereocenters. The van der Waals surface area contributed by atoms with E-state index in [9.17, 15) is 15.0 Å². The van der Waals surface area contributed by atoms with Crippen molar-refractivity contribution in [3.05, 3.63) is 12.1 Å². The number of aromatic hydroxyl groups is 2. The number of hydrogen-bond donors (Lipinski definition) is 2. The van der Waals surface area contributed by atoms with Gasteiger partial charge in [-0.3, -0.25) is 4.84 Å². The van der Waals surface area contributed by atoms with Crippen LogP contribution in [0.25, 0.3) is 0 Å². The number of aromatic nitrogens is 1. The summed E-state index contributed by atoms with van der Waals surface area (Å²) in [7, 11) is 0. The van der Waals surface area contributed by atoms with Gasteiger partial charge in [0, 0.05) is 17.5 Å². The van der Waals surface area contributed by atoms with Gasteiger partial charge >= 0.3 is 6.16 Å². The second kappa shape index (κ2) is 4.83. The Balaban J connectivity index is 1.37. The molecule has 22 heavy (non-hydrogen) atoms. The first-order chi connectivity index (χ1) is 10.5. The summed E-state index contributed by atoms with van der Waals surface area (Å²) >= 11 is 0. The van der Waals surface area contributed by atoms with Crippen LogP contribution in [0.15, 0.2) is 12.1 Å². The Labute approximate surface area is 128 Å². The average Bonchev–Trinajstić information content (AvgIpc) is 2.76. The van der Waals surface area contributed by atoms with Crippen molar-refractivity contribution >= 4 is 6.16 Å². The molecule has 0 spiro atoms. The van der Waals surface area contributed by atoms with Crippen LogP contribution in [-0.2, 0) is 4.74 Å². The van der Waals surface area contributed by atoms with Gasteiger partial charge in [-0.05, 0) is 56.3 Å². The quantitative estimate of drug-likeness (QED) is 0.839. The van der Waals surface area contributed by atoms with E-state index in [4.69, 9.17) is 9.57 Å². The maximum Gasteiger partial charge on any atom is 0.533 e. The van der Waals surface area contributed by atoms with Crippen molar-refractivity contribution in [3.8, 4) is 11.8 Å². The van der Waals surface area contributed by atoms with E-state index in [-0.39, 0.29) is 17.2 Å². The van der Waals surface area contributed by atoms with Gasteiger partial charge in [-0.2, -0.15) is 0 Å². The molecule has 4 fully saturated rings. The molecule has 0 amide bonds. The first kappa shape index (κ1) is 13.8. The molecular formula is C16H21NO5. The van der Waals surface area contributed by atoms with Crippen LogP contribution in [0.5, 0.6) is 11.8 Å². The van der Waals surface area contributed by atoms with Gasteiger partial charge in [0.15, 0.2) is 0 Å². The minimum Gasteiger partial charge on any atom is -0.492 e. The fourth-order valence-corrected chi connectivity index (χ4v) is 5.28. The van der Waals surface area contributed by atoms with Crippen molar-refractivity contribution in [3.63, 3.8) is 0 Å². The molecule has 6 heteroatoms. The Morgan fingerprint density at radius 2 is 1.59 bits per heavy atom. The van der Waals surface area contributed by atoms with Gasteiger partial charge in [0.05, 0.1) is 0 Å². The number of hydrogen-bond acceptors (Lipinski definition) is 5. The zero-order valence-corrected chi connectivity index (χ0v) is 12.4. The van der Waals surface area contributed by atoms with E-state index in [1.165, 1.54) is 31.4 Å². The van der Waals surface area contributed by atoms with Crippen molar-refractivity contribution in [2.45, 2.75) is 38.5 Å². The summed E-state index contributed by atoms with van der Waals surface area (Å²) in [4.78, 5) is 16.7. The molecule has 1 aromatic rings. The number of carbonyl (C=O) groups excluding carboxylic acids is 1. The van der Waals surface area contributed by atoms with Crippen molar-refractivity contribution < 1.29 is 24.6 Å². The lowest BCUT2D eigenvalue weighted by atomic mass is 9.50. The highest BCUT2D eigenvalue weighted by Gasteiger charge is 2.51. The van der Waals surface area contributed by atoms with E-state index in [1.807, 2.05) is 0 Å². The van der Waals surface area contributed by atoms with Crippen molar-refractivity contribution in [1.82, 2.24) is 4.73 Å². The first-order valence-corrected chi connectivity index (χ1v) is 7.98. The van der Waals surface area contributed by atoms with E-state index >= 15 is 0 Å². The van der Waals surface area contributed by atoms with Gasteiger partial charge in [-0.1, -0.05) is 0 Å². The molecule has 0 aliphatic heterocycles. The van der Waals surface area contributed by atoms with Crippen LogP contribution in [0.1, 0.15) is 38.5 Å². The number of ether oxygens (including phenoxy) is 1. The SMILES string of the molecule is O=C(OCC12CC3CC(CC(C3)C1)C2)On1c(O)ccc1O. The summed E-state index contributed by atoms with van der Waals surface area (Å²) in [5.41, 5.74) is 0.120. The van der Waals surface area contributed by atoms with Gasteiger partial charge in [-0.15, -0.1) is 4.73 Å². The van der Waals surface area contributed by atoms with Crippen LogP contribution in [0.2, 0.25) is 0 Å². The molecule has 4 aliphatic carbocycles. The molecule has 4 saturated carbocycles. The van der Waals surface area contributed by atoms with Crippen molar-refractivity contribution in [2.75, 3.05) is 6.61 Å². The number of carbonyl (C=O) groups is 1. The van der Waals surface area contributed by atoms with E-state index in [1.54, 1.807) is 0 Å². The first-order valence-electron chi connectivity index (χ1n) is 7.98. The zero-order chi connectivity index (χ0) is 15.3. The molecule has 6 nitrogen and oxygen atoms in total. The van der Waals surface area contributed by atoms with Gasteiger partial charge in [0.2, 0.25) is 11.8 Å². The van der Waals surface area contributed by atoms with Gasteiger partial charge in [0.25, 0.3) is 0 Å². The minimum absolute atomic E-state index is 0.120. The molecule has 5 rings (SSSR count). The Hall–Kier alpha value is -1.85. The second-order valence-electron chi connectivity index (χ2n) is 7.39. The molecule has 0 saturated heterocycles. The van der Waals surface area contributed by atoms with Gasteiger partial charge < -0.3 is 14.9 Å². The maximum atomic E-state index is 11.8. The normalized spacial score (nSPS) is 35.5. The Morgan fingerprint density at radius 1 is 1.09 bits per heavy atom. The van der Waals surface area contributed by atoms with Crippen molar-refractivity contribution in [2.24, 2.45) is 23.2 Å². The van der Waals surface area contributed by atoms with Crippen LogP contribution in [0.4, 0.5) is 4.79 Å². The molecular weight excluding hydrogens is 286 g/mol. The van der Waals surface area contributed by atoms with E-state index in [2.05, 4.69) is 0 Å². The maximum absolute atomic E-state index is 11.8. The standard InChI is InChI=1S/C16H21NO5/c18-13-1-2-14(19)17(13)22-15(20)21-9-16-6-10-3-11(7-16)5-12(4-10)8-16/h1-2,10-12,18-19H,3-9H2. The molecule has 2 N–H and O–H groups in total. The minimum atomic E-state index is -0.891. The lowest BCUT2D eigenvalue weighted by Gasteiger charge is -2.56. The lowest BCUT2D eigenvalue weighted by Crippen LogP contribution is -2.48. The summed E-state index contributed by atoms with van der Waals surface area (Å²) in [6, 6.07) is 2.48. The van der Waals surface area contributed by atoms with E-state index in [0.29, 0.717) is 11.3 Å². The summed E-state index contributed by atoms with van der Waals surface area (Å²) in [6.07, 6.45) is 6.57. The van der Waals surface area contributed by atoms with Gasteiger partial charge in [-0.25, -0.2) is 4.79 Å². The lowest BCUT2D eigenvalue weighted by molar-refractivity contribution is -0.0909. The van der Waals surface area contributed by atoms with Gasteiger partial charge in [0.1, 0.15) is 6.61 Å². The molecule has 1 aromatic heterocycles. The molecule has 0 atom stereocenters. The smallest absolute Gasteiger partial charge is 0.492 e. The number of rotatable bonds is 3. The fourth-order valence-electron chi connectivity index (χ4n) is 5.28.